The number of fused-ring (bicyclic) bond motifs is 6. The van der Waals surface area contributed by atoms with Gasteiger partial charge >= 0.3 is 0 Å². The zero-order valence-electron chi connectivity index (χ0n) is 19.3. The number of pyridine rings is 1. The lowest BCUT2D eigenvalue weighted by atomic mass is 9.93. The summed E-state index contributed by atoms with van der Waals surface area (Å²) in [5.74, 6) is 1.14. The van der Waals surface area contributed by atoms with Crippen molar-refractivity contribution in [2.45, 2.75) is 18.2 Å². The van der Waals surface area contributed by atoms with Gasteiger partial charge in [-0.05, 0) is 52.9 Å². The SMILES string of the molecule is Cc1ccc2c(oc3c(-c4cc5ccccc5c5c4CCS5)cccc32)c1-c1cccc[n+]1C. The van der Waals surface area contributed by atoms with Crippen molar-refractivity contribution in [3.05, 3.63) is 96.2 Å². The van der Waals surface area contributed by atoms with E-state index in [9.17, 15) is 0 Å². The Hall–Kier alpha value is -3.56. The van der Waals surface area contributed by atoms with Gasteiger partial charge in [0.25, 0.3) is 0 Å². The summed E-state index contributed by atoms with van der Waals surface area (Å²) in [5, 5.41) is 5.02. The number of hydrogen-bond donors (Lipinski definition) is 0. The fourth-order valence-electron chi connectivity index (χ4n) is 5.54. The first-order valence-electron chi connectivity index (χ1n) is 11.8. The van der Waals surface area contributed by atoms with Gasteiger partial charge in [-0.3, -0.25) is 0 Å². The molecule has 0 unspecified atom stereocenters. The first-order chi connectivity index (χ1) is 16.7. The summed E-state index contributed by atoms with van der Waals surface area (Å²) in [4.78, 5) is 1.44. The smallest absolute Gasteiger partial charge is 0.216 e. The van der Waals surface area contributed by atoms with E-state index >= 15 is 0 Å². The van der Waals surface area contributed by atoms with Gasteiger partial charge < -0.3 is 4.42 Å². The molecule has 0 saturated heterocycles. The molecule has 3 heterocycles. The summed E-state index contributed by atoms with van der Waals surface area (Å²) in [7, 11) is 2.09. The third-order valence-electron chi connectivity index (χ3n) is 7.18. The van der Waals surface area contributed by atoms with Gasteiger partial charge in [0.15, 0.2) is 6.20 Å². The van der Waals surface area contributed by atoms with Crippen molar-refractivity contribution in [3.8, 4) is 22.4 Å². The molecule has 34 heavy (non-hydrogen) atoms. The fourth-order valence-corrected chi connectivity index (χ4v) is 6.78. The average molecular weight is 459 g/mol. The van der Waals surface area contributed by atoms with Crippen LogP contribution in [0.4, 0.5) is 0 Å². The molecule has 6 aromatic rings. The second-order valence-electron chi connectivity index (χ2n) is 9.17. The minimum absolute atomic E-state index is 0.969. The van der Waals surface area contributed by atoms with Crippen molar-refractivity contribution < 1.29 is 8.98 Å². The van der Waals surface area contributed by atoms with Crippen LogP contribution in [0, 0.1) is 6.92 Å². The van der Waals surface area contributed by atoms with Crippen LogP contribution in [0.2, 0.25) is 0 Å². The average Bonchev–Trinajstić information content (AvgIpc) is 3.49. The highest BCUT2D eigenvalue weighted by atomic mass is 32.2. The summed E-state index contributed by atoms with van der Waals surface area (Å²) < 4.78 is 8.98. The van der Waals surface area contributed by atoms with E-state index in [2.05, 4.69) is 104 Å². The van der Waals surface area contributed by atoms with E-state index < -0.39 is 0 Å². The topological polar surface area (TPSA) is 17.0 Å². The molecule has 0 aliphatic carbocycles. The molecular weight excluding hydrogens is 434 g/mol. The van der Waals surface area contributed by atoms with Crippen LogP contribution in [0.1, 0.15) is 11.1 Å². The lowest BCUT2D eigenvalue weighted by molar-refractivity contribution is -0.660. The minimum atomic E-state index is 0.969. The number of rotatable bonds is 2. The maximum absolute atomic E-state index is 6.81. The highest BCUT2D eigenvalue weighted by Gasteiger charge is 2.24. The van der Waals surface area contributed by atoms with E-state index in [0.717, 1.165) is 29.0 Å². The molecule has 0 N–H and O–H groups in total. The van der Waals surface area contributed by atoms with E-state index in [1.54, 1.807) is 0 Å². The number of benzene rings is 4. The fraction of sp³-hybridized carbons (Fsp3) is 0.129. The number of para-hydroxylation sites is 1. The van der Waals surface area contributed by atoms with Gasteiger partial charge in [0.2, 0.25) is 5.69 Å². The minimum Gasteiger partial charge on any atom is -0.454 e. The van der Waals surface area contributed by atoms with Crippen molar-refractivity contribution in [3.63, 3.8) is 0 Å². The molecular formula is C31H24NOS+. The zero-order valence-corrected chi connectivity index (χ0v) is 20.1. The van der Waals surface area contributed by atoms with Gasteiger partial charge in [-0.1, -0.05) is 54.6 Å². The second kappa shape index (κ2) is 7.48. The molecule has 3 heteroatoms. The molecule has 2 aromatic heterocycles. The van der Waals surface area contributed by atoms with Gasteiger partial charge in [0.05, 0.1) is 5.56 Å². The van der Waals surface area contributed by atoms with E-state index in [1.165, 1.54) is 54.3 Å². The predicted octanol–water partition coefficient (Wildman–Crippen LogP) is 7.85. The molecule has 0 bridgehead atoms. The molecule has 4 aromatic carbocycles. The number of aromatic nitrogens is 1. The van der Waals surface area contributed by atoms with Crippen molar-refractivity contribution >= 4 is 44.5 Å². The van der Waals surface area contributed by atoms with E-state index in [4.69, 9.17) is 4.42 Å². The molecule has 1 aliphatic heterocycles. The lowest BCUT2D eigenvalue weighted by Crippen LogP contribution is -2.30. The highest BCUT2D eigenvalue weighted by molar-refractivity contribution is 7.99. The first kappa shape index (κ1) is 19.9. The third-order valence-corrected chi connectivity index (χ3v) is 8.34. The number of thioether (sulfide) groups is 1. The maximum atomic E-state index is 6.81. The Bertz CT molecular complexity index is 1760. The Balaban J connectivity index is 1.57. The van der Waals surface area contributed by atoms with E-state index in [1.807, 2.05) is 11.8 Å². The number of nitrogens with zero attached hydrogens (tertiary/aromatic N) is 1. The van der Waals surface area contributed by atoms with E-state index in [-0.39, 0.29) is 0 Å². The quantitative estimate of drug-likeness (QED) is 0.246. The van der Waals surface area contributed by atoms with Crippen LogP contribution in [0.5, 0.6) is 0 Å². The molecule has 0 spiro atoms. The first-order valence-corrected chi connectivity index (χ1v) is 12.8. The second-order valence-corrected chi connectivity index (χ2v) is 10.3. The van der Waals surface area contributed by atoms with Gasteiger partial charge in [0.1, 0.15) is 18.2 Å². The standard InChI is InChI=1S/C31H24NOS/c1-19-13-14-24-22-10-7-11-23(29(22)33-30(24)28(19)27-12-5-6-16-32(27)2)26-18-20-8-3-4-9-21(20)31-25(26)15-17-34-31/h3-14,16,18H,15,17H2,1-2H3/q+1. The monoisotopic (exact) mass is 458 g/mol. The van der Waals surface area contributed by atoms with Gasteiger partial charge in [-0.25, -0.2) is 4.57 Å². The molecule has 2 nitrogen and oxygen atoms in total. The summed E-state index contributed by atoms with van der Waals surface area (Å²) >= 11 is 1.99. The van der Waals surface area contributed by atoms with Crippen molar-refractivity contribution in [1.29, 1.82) is 0 Å². The third kappa shape index (κ3) is 2.80. The van der Waals surface area contributed by atoms with Gasteiger partial charge in [0, 0.05) is 39.1 Å². The Kier molecular flexibility index (Phi) is 4.37. The van der Waals surface area contributed by atoms with Crippen molar-refractivity contribution in [2.75, 3.05) is 5.75 Å². The van der Waals surface area contributed by atoms with Crippen LogP contribution in [0.25, 0.3) is 55.1 Å². The Labute approximate surface area is 202 Å². The van der Waals surface area contributed by atoms with Crippen LogP contribution in [0.15, 0.2) is 94.4 Å². The molecule has 0 radical (unpaired) electrons. The van der Waals surface area contributed by atoms with Gasteiger partial charge in [-0.15, -0.1) is 11.8 Å². The van der Waals surface area contributed by atoms with E-state index in [0.29, 0.717) is 0 Å². The highest BCUT2D eigenvalue weighted by Crippen LogP contribution is 2.46. The van der Waals surface area contributed by atoms with Gasteiger partial charge in [-0.2, -0.15) is 0 Å². The maximum Gasteiger partial charge on any atom is 0.216 e. The molecule has 0 fully saturated rings. The molecule has 0 saturated carbocycles. The number of hydrogen-bond acceptors (Lipinski definition) is 2. The molecule has 0 amide bonds. The summed E-state index contributed by atoms with van der Waals surface area (Å²) in [5.41, 5.74) is 9.47. The zero-order chi connectivity index (χ0) is 22.8. The Morgan fingerprint density at radius 1 is 0.794 bits per heavy atom. The molecule has 164 valence electrons. The largest absolute Gasteiger partial charge is 0.454 e. The molecule has 1 aliphatic rings. The summed E-state index contributed by atoms with van der Waals surface area (Å²) in [6.45, 7) is 2.17. The summed E-state index contributed by atoms with van der Waals surface area (Å²) in [6.07, 6.45) is 3.19. The van der Waals surface area contributed by atoms with Crippen LogP contribution in [-0.2, 0) is 13.5 Å². The van der Waals surface area contributed by atoms with Crippen molar-refractivity contribution in [1.82, 2.24) is 0 Å². The Morgan fingerprint density at radius 3 is 2.53 bits per heavy atom. The molecule has 0 atom stereocenters. The van der Waals surface area contributed by atoms with Crippen LogP contribution in [-0.4, -0.2) is 5.75 Å². The Morgan fingerprint density at radius 2 is 1.62 bits per heavy atom. The van der Waals surface area contributed by atoms with Crippen LogP contribution >= 0.6 is 11.8 Å². The predicted molar refractivity (Wildman–Crippen MR) is 142 cm³/mol. The number of furan rings is 1. The normalized spacial score (nSPS) is 13.2. The summed E-state index contributed by atoms with van der Waals surface area (Å²) in [6, 6.07) is 28.5. The number of aryl methyl sites for hydroxylation is 2. The molecule has 7 rings (SSSR count). The lowest BCUT2D eigenvalue weighted by Gasteiger charge is -2.12. The van der Waals surface area contributed by atoms with Crippen LogP contribution in [0.3, 0.4) is 0 Å². The van der Waals surface area contributed by atoms with Crippen molar-refractivity contribution in [2.24, 2.45) is 7.05 Å². The van der Waals surface area contributed by atoms with Crippen LogP contribution < -0.4 is 4.57 Å².